The van der Waals surface area contributed by atoms with Gasteiger partial charge in [-0.1, -0.05) is 54.6 Å². The second-order valence-corrected chi connectivity index (χ2v) is 10.5. The minimum absolute atomic E-state index is 0.347. The third-order valence-electron chi connectivity index (χ3n) is 7.30. The van der Waals surface area contributed by atoms with Gasteiger partial charge in [0.05, 0.1) is 0 Å². The summed E-state index contributed by atoms with van der Waals surface area (Å²) in [5.74, 6) is -2.92. The Balaban J connectivity index is 0.000000154. The normalized spacial score (nSPS) is 12.9. The highest BCUT2D eigenvalue weighted by molar-refractivity contribution is 5.86. The lowest BCUT2D eigenvalue weighted by Crippen LogP contribution is -2.32. The quantitative estimate of drug-likeness (QED) is 0.116. The third kappa shape index (κ3) is 8.36. The minimum atomic E-state index is -0.972. The molecule has 0 unspecified atom stereocenters. The molecule has 3 aromatic heterocycles. The lowest BCUT2D eigenvalue weighted by atomic mass is 10.1. The van der Waals surface area contributed by atoms with Crippen LogP contribution in [0.15, 0.2) is 91.4 Å². The lowest BCUT2D eigenvalue weighted by Gasteiger charge is -2.04. The zero-order chi connectivity index (χ0) is 32.5. The van der Waals surface area contributed by atoms with Gasteiger partial charge in [0.25, 0.3) is 0 Å². The summed E-state index contributed by atoms with van der Waals surface area (Å²) in [6.07, 6.45) is 6.48. The molecule has 0 bridgehead atoms. The van der Waals surface area contributed by atoms with Gasteiger partial charge in [-0.05, 0) is 34.9 Å². The summed E-state index contributed by atoms with van der Waals surface area (Å²) in [7, 11) is 0. The van der Waals surface area contributed by atoms with Gasteiger partial charge in [-0.3, -0.25) is 14.4 Å². The number of hydrogen-bond donors (Lipinski definition) is 9. The van der Waals surface area contributed by atoms with Crippen molar-refractivity contribution in [2.45, 2.75) is 37.4 Å². The maximum absolute atomic E-state index is 10.6. The second kappa shape index (κ2) is 14.8. The van der Waals surface area contributed by atoms with Crippen molar-refractivity contribution in [3.63, 3.8) is 0 Å². The summed E-state index contributed by atoms with van der Waals surface area (Å²) in [5, 5.41) is 29.3. The van der Waals surface area contributed by atoms with Crippen LogP contribution in [0.1, 0.15) is 16.7 Å². The first-order valence-corrected chi connectivity index (χ1v) is 14.1. The molecule has 0 spiro atoms. The van der Waals surface area contributed by atoms with Crippen LogP contribution >= 0.6 is 0 Å². The standard InChI is InChI=1S/3C11H12N2O2/c3*12-9(11(14)15)5-7-6-13-10-4-2-1-3-8(7)10/h3*1-4,6,9,13H,5,12H2,(H,14,15)/t3*9-/m000/s1. The van der Waals surface area contributed by atoms with Crippen LogP contribution in [-0.2, 0) is 33.6 Å². The van der Waals surface area contributed by atoms with E-state index < -0.39 is 36.0 Å². The number of nitrogens with two attached hydrogens (primary N) is 3. The molecule has 0 saturated heterocycles. The molecule has 0 saturated carbocycles. The van der Waals surface area contributed by atoms with Crippen LogP contribution in [0.25, 0.3) is 32.7 Å². The lowest BCUT2D eigenvalue weighted by molar-refractivity contribution is -0.139. The molecule has 0 radical (unpaired) electrons. The summed E-state index contributed by atoms with van der Waals surface area (Å²) in [6, 6.07) is 20.7. The molecule has 0 fully saturated rings. The van der Waals surface area contributed by atoms with Crippen LogP contribution in [0, 0.1) is 0 Å². The first-order valence-electron chi connectivity index (χ1n) is 14.1. The van der Waals surface area contributed by atoms with Crippen LogP contribution in [0.3, 0.4) is 0 Å². The number of fused-ring (bicyclic) bond motifs is 3. The predicted molar refractivity (Wildman–Crippen MR) is 173 cm³/mol. The van der Waals surface area contributed by atoms with E-state index in [9.17, 15) is 14.4 Å². The zero-order valence-electron chi connectivity index (χ0n) is 24.3. The highest BCUT2D eigenvalue weighted by Crippen LogP contribution is 2.20. The van der Waals surface area contributed by atoms with Gasteiger partial charge in [-0.2, -0.15) is 0 Å². The largest absolute Gasteiger partial charge is 0.480 e. The topological polar surface area (TPSA) is 237 Å². The van der Waals surface area contributed by atoms with Gasteiger partial charge in [-0.15, -0.1) is 0 Å². The fourth-order valence-corrected chi connectivity index (χ4v) is 4.87. The molecule has 3 aromatic carbocycles. The number of carboxylic acids is 3. The third-order valence-corrected chi connectivity index (χ3v) is 7.30. The van der Waals surface area contributed by atoms with E-state index in [4.69, 9.17) is 32.5 Å². The number of hydrogen-bond acceptors (Lipinski definition) is 6. The SMILES string of the molecule is N[C@@H](Cc1c[nH]c2ccccc12)C(=O)O.N[C@@H](Cc1c[nH]c2ccccc12)C(=O)O.N[C@@H](Cc1c[nH]c2ccccc12)C(=O)O. The Morgan fingerprint density at radius 3 is 0.978 bits per heavy atom. The number of aromatic nitrogens is 3. The molecule has 0 aliphatic heterocycles. The van der Waals surface area contributed by atoms with Gasteiger partial charge in [0.1, 0.15) is 18.1 Å². The van der Waals surface area contributed by atoms with Crippen molar-refractivity contribution in [3.05, 3.63) is 108 Å². The Kier molecular flexibility index (Phi) is 10.7. The van der Waals surface area contributed by atoms with E-state index in [-0.39, 0.29) is 0 Å². The van der Waals surface area contributed by atoms with Gasteiger partial charge in [-0.25, -0.2) is 0 Å². The van der Waals surface area contributed by atoms with Crippen molar-refractivity contribution < 1.29 is 29.7 Å². The second-order valence-electron chi connectivity index (χ2n) is 10.5. The molecule has 3 heterocycles. The maximum atomic E-state index is 10.6. The number of nitrogens with one attached hydrogen (secondary N) is 3. The van der Waals surface area contributed by atoms with Crippen molar-refractivity contribution >= 4 is 50.6 Å². The molecule has 12 heteroatoms. The van der Waals surface area contributed by atoms with Crippen molar-refractivity contribution in [3.8, 4) is 0 Å². The molecule has 234 valence electrons. The average Bonchev–Trinajstić information content (AvgIpc) is 3.75. The van der Waals surface area contributed by atoms with Crippen molar-refractivity contribution in [1.29, 1.82) is 0 Å². The average molecular weight is 613 g/mol. The van der Waals surface area contributed by atoms with E-state index in [0.29, 0.717) is 19.3 Å². The monoisotopic (exact) mass is 612 g/mol. The van der Waals surface area contributed by atoms with E-state index in [1.54, 1.807) is 0 Å². The summed E-state index contributed by atoms with van der Waals surface area (Å²) >= 11 is 0. The van der Waals surface area contributed by atoms with E-state index in [1.165, 1.54) is 0 Å². The highest BCUT2D eigenvalue weighted by atomic mass is 16.4. The molecule has 12 nitrogen and oxygen atoms in total. The molecule has 0 aliphatic carbocycles. The Hall–Kier alpha value is -5.43. The number of aromatic amines is 3. The molecule has 0 amide bonds. The van der Waals surface area contributed by atoms with Crippen LogP contribution in [0.4, 0.5) is 0 Å². The minimum Gasteiger partial charge on any atom is -0.480 e. The molecule has 45 heavy (non-hydrogen) atoms. The number of carboxylic acid groups (broad SMARTS) is 3. The molecule has 6 aromatic rings. The van der Waals surface area contributed by atoms with Gasteiger partial charge < -0.3 is 47.5 Å². The van der Waals surface area contributed by atoms with E-state index in [1.807, 2.05) is 91.4 Å². The van der Waals surface area contributed by atoms with Crippen molar-refractivity contribution in [2.24, 2.45) is 17.2 Å². The van der Waals surface area contributed by atoms with Crippen LogP contribution < -0.4 is 17.2 Å². The van der Waals surface area contributed by atoms with E-state index in [2.05, 4.69) is 15.0 Å². The predicted octanol–water partition coefficient (Wildman–Crippen LogP) is 3.37. The summed E-state index contributed by atoms with van der Waals surface area (Å²) in [4.78, 5) is 41.1. The molecular weight excluding hydrogens is 576 g/mol. The van der Waals surface area contributed by atoms with E-state index in [0.717, 1.165) is 49.4 Å². The highest BCUT2D eigenvalue weighted by Gasteiger charge is 2.16. The Labute approximate surface area is 257 Å². The van der Waals surface area contributed by atoms with Gasteiger partial charge in [0, 0.05) is 70.6 Å². The number of H-pyrrole nitrogens is 3. The maximum Gasteiger partial charge on any atom is 0.320 e. The number of benzene rings is 3. The molecular formula is C33H36N6O6. The van der Waals surface area contributed by atoms with Crippen LogP contribution in [0.5, 0.6) is 0 Å². The van der Waals surface area contributed by atoms with Gasteiger partial charge in [0.2, 0.25) is 0 Å². The van der Waals surface area contributed by atoms with Crippen LogP contribution in [-0.4, -0.2) is 66.3 Å². The Morgan fingerprint density at radius 1 is 0.489 bits per heavy atom. The summed E-state index contributed by atoms with van der Waals surface area (Å²) in [6.45, 7) is 0. The fourth-order valence-electron chi connectivity index (χ4n) is 4.87. The van der Waals surface area contributed by atoms with Crippen molar-refractivity contribution in [2.75, 3.05) is 0 Å². The summed E-state index contributed by atoms with van der Waals surface area (Å²) in [5.41, 5.74) is 22.3. The molecule has 12 N–H and O–H groups in total. The zero-order valence-corrected chi connectivity index (χ0v) is 24.3. The van der Waals surface area contributed by atoms with E-state index >= 15 is 0 Å². The first-order chi connectivity index (χ1) is 21.5. The smallest absolute Gasteiger partial charge is 0.320 e. The number of para-hydroxylation sites is 3. The molecule has 3 atom stereocenters. The molecule has 6 rings (SSSR count). The first kappa shape index (κ1) is 32.5. The number of carbonyl (C=O) groups is 3. The van der Waals surface area contributed by atoms with Crippen LogP contribution in [0.2, 0.25) is 0 Å². The van der Waals surface area contributed by atoms with Gasteiger partial charge in [0.15, 0.2) is 0 Å². The van der Waals surface area contributed by atoms with Crippen molar-refractivity contribution in [1.82, 2.24) is 15.0 Å². The summed E-state index contributed by atoms with van der Waals surface area (Å²) < 4.78 is 0. The molecule has 0 aliphatic rings. The number of rotatable bonds is 9. The Morgan fingerprint density at radius 2 is 0.733 bits per heavy atom. The fraction of sp³-hybridized carbons (Fsp3) is 0.182. The Bertz CT molecular complexity index is 1690. The van der Waals surface area contributed by atoms with Gasteiger partial charge >= 0.3 is 17.9 Å². The number of aliphatic carboxylic acids is 3.